The fourth-order valence-electron chi connectivity index (χ4n) is 1.69. The average molecular weight is 264 g/mol. The number of nitrogens with zero attached hydrogens (tertiary/aromatic N) is 1. The summed E-state index contributed by atoms with van der Waals surface area (Å²) in [6.07, 6.45) is 0.762. The summed E-state index contributed by atoms with van der Waals surface area (Å²) in [5, 5.41) is 2.06. The van der Waals surface area contributed by atoms with Crippen molar-refractivity contribution >= 4 is 17.6 Å². The zero-order valence-corrected chi connectivity index (χ0v) is 11.1. The molecule has 0 unspecified atom stereocenters. The van der Waals surface area contributed by atoms with Crippen molar-refractivity contribution in [2.24, 2.45) is 11.5 Å². The van der Waals surface area contributed by atoms with Crippen molar-refractivity contribution in [3.05, 3.63) is 29.8 Å². The molecule has 0 bridgehead atoms. The third-order valence-corrected chi connectivity index (χ3v) is 2.63. The predicted octanol–water partition coefficient (Wildman–Crippen LogP) is 0.345. The second-order valence-electron chi connectivity index (χ2n) is 4.31. The summed E-state index contributed by atoms with van der Waals surface area (Å²) in [7, 11) is 0. The number of urea groups is 1. The molecule has 0 atom stereocenters. The van der Waals surface area contributed by atoms with Crippen LogP contribution in [0.5, 0.6) is 0 Å². The number of hydrogen-bond donors (Lipinski definition) is 3. The first-order valence-corrected chi connectivity index (χ1v) is 6.14. The lowest BCUT2D eigenvalue weighted by atomic mass is 10.2. The Hall–Kier alpha value is -2.08. The Morgan fingerprint density at radius 2 is 1.89 bits per heavy atom. The van der Waals surface area contributed by atoms with Crippen molar-refractivity contribution in [2.45, 2.75) is 13.3 Å². The van der Waals surface area contributed by atoms with Gasteiger partial charge >= 0.3 is 6.03 Å². The van der Waals surface area contributed by atoms with Crippen LogP contribution in [0.3, 0.4) is 0 Å². The highest BCUT2D eigenvalue weighted by Crippen LogP contribution is 2.15. The summed E-state index contributed by atoms with van der Waals surface area (Å²) in [4.78, 5) is 24.1. The van der Waals surface area contributed by atoms with Crippen LogP contribution in [0.25, 0.3) is 0 Å². The van der Waals surface area contributed by atoms with E-state index >= 15 is 0 Å². The molecule has 0 aliphatic heterocycles. The lowest BCUT2D eigenvalue weighted by Gasteiger charge is -2.23. The van der Waals surface area contributed by atoms with Crippen LogP contribution in [-0.4, -0.2) is 31.6 Å². The fraction of sp³-hybridized carbons (Fsp3) is 0.385. The molecule has 0 fully saturated rings. The lowest BCUT2D eigenvalue weighted by molar-refractivity contribution is -0.118. The second kappa shape index (κ2) is 7.38. The molecule has 0 aliphatic carbocycles. The number of hydrogen-bond acceptors (Lipinski definition) is 4. The minimum Gasteiger partial charge on any atom is -0.362 e. The number of primary amides is 1. The molecule has 6 heteroatoms. The van der Waals surface area contributed by atoms with E-state index < -0.39 is 11.9 Å². The minimum atomic E-state index is -0.840. The maximum Gasteiger partial charge on any atom is 0.318 e. The number of aryl methyl sites for hydroxylation is 1. The number of imide groups is 1. The quantitative estimate of drug-likeness (QED) is 0.689. The molecule has 0 radical (unpaired) electrons. The Morgan fingerprint density at radius 3 is 2.42 bits per heavy atom. The van der Waals surface area contributed by atoms with Gasteiger partial charge in [0.25, 0.3) is 0 Å². The van der Waals surface area contributed by atoms with Gasteiger partial charge in [0.2, 0.25) is 5.91 Å². The number of carbonyl (C=O) groups is 2. The largest absolute Gasteiger partial charge is 0.362 e. The SMILES string of the molecule is Cc1ccc(N(CCCN)CC(=O)NC(N)=O)cc1. The van der Waals surface area contributed by atoms with E-state index in [0.29, 0.717) is 13.1 Å². The highest BCUT2D eigenvalue weighted by molar-refractivity contribution is 5.95. The summed E-state index contributed by atoms with van der Waals surface area (Å²) < 4.78 is 0. The summed E-state index contributed by atoms with van der Waals surface area (Å²) in [5.74, 6) is -0.426. The monoisotopic (exact) mass is 264 g/mol. The van der Waals surface area contributed by atoms with Crippen LogP contribution in [0.2, 0.25) is 0 Å². The number of benzene rings is 1. The van der Waals surface area contributed by atoms with Gasteiger partial charge in [-0.1, -0.05) is 17.7 Å². The number of amides is 3. The Balaban J connectivity index is 2.73. The second-order valence-corrected chi connectivity index (χ2v) is 4.31. The molecule has 0 aromatic heterocycles. The van der Waals surface area contributed by atoms with Crippen LogP contribution in [-0.2, 0) is 4.79 Å². The van der Waals surface area contributed by atoms with Gasteiger partial charge in [-0.05, 0) is 32.0 Å². The van der Waals surface area contributed by atoms with Gasteiger partial charge in [-0.2, -0.15) is 0 Å². The van der Waals surface area contributed by atoms with Gasteiger partial charge in [0.05, 0.1) is 6.54 Å². The van der Waals surface area contributed by atoms with E-state index in [1.165, 1.54) is 0 Å². The van der Waals surface area contributed by atoms with Crippen molar-refractivity contribution in [1.82, 2.24) is 5.32 Å². The summed E-state index contributed by atoms with van der Waals surface area (Å²) in [5.41, 5.74) is 12.5. The highest BCUT2D eigenvalue weighted by Gasteiger charge is 2.12. The maximum atomic E-state index is 11.6. The van der Waals surface area contributed by atoms with E-state index in [9.17, 15) is 9.59 Å². The zero-order chi connectivity index (χ0) is 14.3. The van der Waals surface area contributed by atoms with Crippen molar-refractivity contribution in [1.29, 1.82) is 0 Å². The maximum absolute atomic E-state index is 11.6. The van der Waals surface area contributed by atoms with Crippen LogP contribution in [0.1, 0.15) is 12.0 Å². The van der Waals surface area contributed by atoms with Crippen molar-refractivity contribution in [3.8, 4) is 0 Å². The Morgan fingerprint density at radius 1 is 1.26 bits per heavy atom. The molecule has 1 aromatic rings. The minimum absolute atomic E-state index is 0.0754. The molecule has 0 saturated heterocycles. The molecule has 3 amide bonds. The first-order valence-electron chi connectivity index (χ1n) is 6.14. The molecular weight excluding hydrogens is 244 g/mol. The summed E-state index contributed by atoms with van der Waals surface area (Å²) >= 11 is 0. The van der Waals surface area contributed by atoms with Crippen LogP contribution in [0, 0.1) is 6.92 Å². The van der Waals surface area contributed by atoms with E-state index in [-0.39, 0.29) is 6.54 Å². The van der Waals surface area contributed by atoms with Gasteiger partial charge in [0.1, 0.15) is 0 Å². The van der Waals surface area contributed by atoms with Gasteiger partial charge in [-0.25, -0.2) is 4.79 Å². The van der Waals surface area contributed by atoms with Crippen molar-refractivity contribution < 1.29 is 9.59 Å². The van der Waals surface area contributed by atoms with Crippen LogP contribution >= 0.6 is 0 Å². The molecule has 104 valence electrons. The van der Waals surface area contributed by atoms with E-state index in [1.807, 2.05) is 36.1 Å². The van der Waals surface area contributed by atoms with Gasteiger partial charge < -0.3 is 16.4 Å². The van der Waals surface area contributed by atoms with Crippen LogP contribution < -0.4 is 21.7 Å². The molecule has 1 rings (SSSR count). The zero-order valence-electron chi connectivity index (χ0n) is 11.1. The van der Waals surface area contributed by atoms with E-state index in [0.717, 1.165) is 17.7 Å². The van der Waals surface area contributed by atoms with Crippen LogP contribution in [0.15, 0.2) is 24.3 Å². The number of rotatable bonds is 6. The molecule has 0 saturated carbocycles. The molecule has 5 N–H and O–H groups in total. The molecule has 19 heavy (non-hydrogen) atoms. The molecule has 6 nitrogen and oxygen atoms in total. The Kier molecular flexibility index (Phi) is 5.81. The molecule has 1 aromatic carbocycles. The summed E-state index contributed by atoms with van der Waals surface area (Å²) in [6.45, 7) is 3.26. The van der Waals surface area contributed by atoms with Gasteiger partial charge in [0.15, 0.2) is 0 Å². The Labute approximate surface area is 112 Å². The molecular formula is C13H20N4O2. The third kappa shape index (κ3) is 5.39. The number of anilines is 1. The van der Waals surface area contributed by atoms with E-state index in [4.69, 9.17) is 11.5 Å². The first-order chi connectivity index (χ1) is 9.02. The highest BCUT2D eigenvalue weighted by atomic mass is 16.2. The summed E-state index contributed by atoms with van der Waals surface area (Å²) in [6, 6.07) is 6.97. The number of nitrogens with two attached hydrogens (primary N) is 2. The molecule has 0 heterocycles. The number of carbonyl (C=O) groups excluding carboxylic acids is 2. The van der Waals surface area contributed by atoms with Crippen molar-refractivity contribution in [2.75, 3.05) is 24.5 Å². The lowest BCUT2D eigenvalue weighted by Crippen LogP contribution is -2.43. The smallest absolute Gasteiger partial charge is 0.318 e. The standard InChI is InChI=1S/C13H20N4O2/c1-10-3-5-11(6-4-10)17(8-2-7-14)9-12(18)16-13(15)19/h3-6H,2,7-9,14H2,1H3,(H3,15,16,18,19). The Bertz CT molecular complexity index is 431. The van der Waals surface area contributed by atoms with Gasteiger partial charge in [0, 0.05) is 12.2 Å². The fourth-order valence-corrected chi connectivity index (χ4v) is 1.69. The molecule has 0 spiro atoms. The first kappa shape index (κ1) is 15.0. The van der Waals surface area contributed by atoms with Gasteiger partial charge in [-0.3, -0.25) is 10.1 Å². The average Bonchev–Trinajstić information content (AvgIpc) is 2.34. The molecule has 0 aliphatic rings. The van der Waals surface area contributed by atoms with Crippen LogP contribution in [0.4, 0.5) is 10.5 Å². The van der Waals surface area contributed by atoms with Gasteiger partial charge in [-0.15, -0.1) is 0 Å². The van der Waals surface area contributed by atoms with E-state index in [2.05, 4.69) is 5.32 Å². The normalized spacial score (nSPS) is 10.0. The van der Waals surface area contributed by atoms with Crippen molar-refractivity contribution in [3.63, 3.8) is 0 Å². The topological polar surface area (TPSA) is 101 Å². The van der Waals surface area contributed by atoms with E-state index in [1.54, 1.807) is 0 Å². The number of nitrogens with one attached hydrogen (secondary N) is 1. The third-order valence-electron chi connectivity index (χ3n) is 2.63. The predicted molar refractivity (Wildman–Crippen MR) is 74.8 cm³/mol.